The highest BCUT2D eigenvalue weighted by Crippen LogP contribution is 2.40. The summed E-state index contributed by atoms with van der Waals surface area (Å²) in [5.74, 6) is 0. The summed E-state index contributed by atoms with van der Waals surface area (Å²) in [6, 6.07) is 0. The van der Waals surface area contributed by atoms with Crippen LogP contribution in [0.2, 0.25) is 0 Å². The minimum atomic E-state index is -0.581. The third kappa shape index (κ3) is 5.04. The van der Waals surface area contributed by atoms with Crippen molar-refractivity contribution in [2.24, 2.45) is 5.41 Å². The van der Waals surface area contributed by atoms with Crippen molar-refractivity contribution in [3.05, 3.63) is 0 Å². The minimum absolute atomic E-state index is 0.402. The van der Waals surface area contributed by atoms with Gasteiger partial charge in [0, 0.05) is 6.54 Å². The average Bonchev–Trinajstić information content (AvgIpc) is 1.82. The average molecular weight is 191 g/mol. The highest BCUT2D eigenvalue weighted by Gasteiger charge is 2.18. The monoisotopic (exact) mass is 191 g/mol. The summed E-state index contributed by atoms with van der Waals surface area (Å²) in [4.78, 5) is 0. The standard InChI is InChI=1S/C10H25NS/c1-9(2)12(6,7)11-8-10(3,4)5/h9,11H,8H2,1-7H3. The number of rotatable bonds is 3. The van der Waals surface area contributed by atoms with Gasteiger partial charge in [-0.2, -0.15) is 10.2 Å². The van der Waals surface area contributed by atoms with E-state index in [1.807, 2.05) is 0 Å². The van der Waals surface area contributed by atoms with E-state index in [0.717, 1.165) is 11.8 Å². The second-order valence-corrected chi connectivity index (χ2v) is 9.38. The first-order valence-corrected chi connectivity index (χ1v) is 7.13. The predicted molar refractivity (Wildman–Crippen MR) is 62.0 cm³/mol. The minimum Gasteiger partial charge on any atom is -0.280 e. The zero-order valence-electron chi connectivity index (χ0n) is 9.69. The maximum atomic E-state index is 3.68. The predicted octanol–water partition coefficient (Wildman–Crippen LogP) is 3.01. The van der Waals surface area contributed by atoms with Crippen molar-refractivity contribution in [1.29, 1.82) is 0 Å². The highest BCUT2D eigenvalue weighted by atomic mass is 32.3. The Balaban J connectivity index is 3.93. The maximum absolute atomic E-state index is 3.68. The van der Waals surface area contributed by atoms with E-state index in [4.69, 9.17) is 0 Å². The summed E-state index contributed by atoms with van der Waals surface area (Å²) >= 11 is 0. The van der Waals surface area contributed by atoms with Gasteiger partial charge < -0.3 is 0 Å². The van der Waals surface area contributed by atoms with Gasteiger partial charge in [0.25, 0.3) is 0 Å². The van der Waals surface area contributed by atoms with E-state index in [0.29, 0.717) is 5.41 Å². The van der Waals surface area contributed by atoms with Gasteiger partial charge in [-0.3, -0.25) is 4.72 Å². The molecule has 0 rings (SSSR count). The molecule has 12 heavy (non-hydrogen) atoms. The van der Waals surface area contributed by atoms with Gasteiger partial charge >= 0.3 is 0 Å². The molecule has 0 spiro atoms. The fourth-order valence-electron chi connectivity index (χ4n) is 0.569. The molecule has 2 heteroatoms. The molecule has 0 heterocycles. The molecule has 1 N–H and O–H groups in total. The fourth-order valence-corrected chi connectivity index (χ4v) is 1.71. The molecular formula is C10H25NS. The van der Waals surface area contributed by atoms with Gasteiger partial charge in [-0.05, 0) is 23.2 Å². The number of nitrogens with one attached hydrogen (secondary N) is 1. The first-order chi connectivity index (χ1) is 5.15. The van der Waals surface area contributed by atoms with Crippen LogP contribution in [0.5, 0.6) is 0 Å². The van der Waals surface area contributed by atoms with Gasteiger partial charge in [0.05, 0.1) is 0 Å². The molecule has 0 aromatic rings. The first kappa shape index (κ1) is 12.3. The van der Waals surface area contributed by atoms with Crippen LogP contribution in [0.15, 0.2) is 0 Å². The Morgan fingerprint density at radius 1 is 1.17 bits per heavy atom. The molecule has 76 valence electrons. The van der Waals surface area contributed by atoms with Crippen LogP contribution in [-0.2, 0) is 0 Å². The van der Waals surface area contributed by atoms with Crippen molar-refractivity contribution < 1.29 is 0 Å². The second-order valence-electron chi connectivity index (χ2n) is 5.34. The van der Waals surface area contributed by atoms with E-state index in [-0.39, 0.29) is 0 Å². The van der Waals surface area contributed by atoms with Gasteiger partial charge in [0.1, 0.15) is 0 Å². The largest absolute Gasteiger partial charge is 0.280 e. The molecule has 0 saturated heterocycles. The van der Waals surface area contributed by atoms with Crippen LogP contribution in [0.4, 0.5) is 0 Å². The fraction of sp³-hybridized carbons (Fsp3) is 1.00. The second kappa shape index (κ2) is 4.01. The van der Waals surface area contributed by atoms with E-state index in [2.05, 4.69) is 51.9 Å². The molecule has 0 aromatic carbocycles. The van der Waals surface area contributed by atoms with E-state index in [1.165, 1.54) is 0 Å². The van der Waals surface area contributed by atoms with Crippen molar-refractivity contribution in [2.45, 2.75) is 39.9 Å². The molecule has 0 aliphatic rings. The smallest absolute Gasteiger partial charge is 0.00922 e. The first-order valence-electron chi connectivity index (χ1n) is 4.62. The van der Waals surface area contributed by atoms with Gasteiger partial charge in [0.15, 0.2) is 0 Å². The van der Waals surface area contributed by atoms with Crippen molar-refractivity contribution in [1.82, 2.24) is 4.72 Å². The Morgan fingerprint density at radius 2 is 1.58 bits per heavy atom. The highest BCUT2D eigenvalue weighted by molar-refractivity contribution is 8.31. The van der Waals surface area contributed by atoms with Crippen LogP contribution >= 0.6 is 10.2 Å². The Hall–Kier alpha value is 0.310. The molecule has 0 aliphatic heterocycles. The number of hydrogen-bond acceptors (Lipinski definition) is 1. The zero-order valence-corrected chi connectivity index (χ0v) is 10.5. The molecule has 0 aromatic heterocycles. The summed E-state index contributed by atoms with van der Waals surface area (Å²) in [6.45, 7) is 12.5. The molecule has 1 nitrogen and oxygen atoms in total. The summed E-state index contributed by atoms with van der Waals surface area (Å²) in [6.07, 6.45) is 4.70. The third-order valence-corrected chi connectivity index (χ3v) is 5.40. The van der Waals surface area contributed by atoms with E-state index in [1.54, 1.807) is 0 Å². The topological polar surface area (TPSA) is 12.0 Å². The summed E-state index contributed by atoms with van der Waals surface area (Å²) in [5.41, 5.74) is 0.402. The molecular weight excluding hydrogens is 166 g/mol. The van der Waals surface area contributed by atoms with Crippen molar-refractivity contribution >= 4 is 10.2 Å². The molecule has 0 radical (unpaired) electrons. The summed E-state index contributed by atoms with van der Waals surface area (Å²) in [5, 5.41) is 0.764. The summed E-state index contributed by atoms with van der Waals surface area (Å²) < 4.78 is 3.68. The van der Waals surface area contributed by atoms with Crippen molar-refractivity contribution in [2.75, 3.05) is 19.1 Å². The molecule has 0 fully saturated rings. The molecule has 0 saturated carbocycles. The van der Waals surface area contributed by atoms with Gasteiger partial charge in [-0.1, -0.05) is 34.6 Å². The van der Waals surface area contributed by atoms with Gasteiger partial charge in [-0.25, -0.2) is 0 Å². The van der Waals surface area contributed by atoms with Gasteiger partial charge in [-0.15, -0.1) is 0 Å². The molecule has 0 aliphatic carbocycles. The zero-order chi connectivity index (χ0) is 9.99. The Kier molecular flexibility index (Phi) is 4.12. The van der Waals surface area contributed by atoms with Crippen LogP contribution in [0.1, 0.15) is 34.6 Å². The molecule has 0 amide bonds. The Labute approximate surface area is 79.8 Å². The lowest BCUT2D eigenvalue weighted by atomic mass is 9.98. The van der Waals surface area contributed by atoms with E-state index < -0.39 is 10.2 Å². The Morgan fingerprint density at radius 3 is 1.83 bits per heavy atom. The lowest BCUT2D eigenvalue weighted by molar-refractivity contribution is 0.414. The maximum Gasteiger partial charge on any atom is 0.00922 e. The number of hydrogen-bond donors (Lipinski definition) is 1. The normalized spacial score (nSPS) is 15.3. The van der Waals surface area contributed by atoms with Crippen LogP contribution < -0.4 is 4.72 Å². The van der Waals surface area contributed by atoms with Crippen molar-refractivity contribution in [3.63, 3.8) is 0 Å². The molecule has 0 unspecified atom stereocenters. The van der Waals surface area contributed by atoms with Crippen LogP contribution in [0.25, 0.3) is 0 Å². The van der Waals surface area contributed by atoms with Crippen LogP contribution in [0.3, 0.4) is 0 Å². The van der Waals surface area contributed by atoms with Crippen molar-refractivity contribution in [3.8, 4) is 0 Å². The molecule has 0 bridgehead atoms. The SMILES string of the molecule is CC(C)S(C)(C)NCC(C)(C)C. The van der Waals surface area contributed by atoms with Crippen LogP contribution in [0, 0.1) is 5.41 Å². The lowest BCUT2D eigenvalue weighted by Gasteiger charge is -2.39. The van der Waals surface area contributed by atoms with Crippen LogP contribution in [-0.4, -0.2) is 24.3 Å². The lowest BCUT2D eigenvalue weighted by Crippen LogP contribution is -2.32. The third-order valence-electron chi connectivity index (χ3n) is 2.15. The van der Waals surface area contributed by atoms with E-state index >= 15 is 0 Å². The quantitative estimate of drug-likeness (QED) is 0.723. The van der Waals surface area contributed by atoms with E-state index in [9.17, 15) is 0 Å². The molecule has 0 atom stereocenters. The summed E-state index contributed by atoms with van der Waals surface area (Å²) in [7, 11) is -0.581. The van der Waals surface area contributed by atoms with Gasteiger partial charge in [0.2, 0.25) is 0 Å². The Bertz CT molecular complexity index is 133.